The number of anilines is 2. The van der Waals surface area contributed by atoms with Gasteiger partial charge in [-0.25, -0.2) is 9.98 Å². The molecule has 2 aliphatic heterocycles. The highest BCUT2D eigenvalue weighted by atomic mass is 32.1. The zero-order chi connectivity index (χ0) is 26.0. The largest absolute Gasteiger partial charge is 0.416 e. The molecule has 4 N–H and O–H groups in total. The van der Waals surface area contributed by atoms with Gasteiger partial charge in [-0.2, -0.15) is 13.2 Å². The lowest BCUT2D eigenvalue weighted by Crippen LogP contribution is -2.37. The third-order valence-corrected chi connectivity index (χ3v) is 6.00. The standard InChI is InChI=1S/C24H26F3N7OS/c1-13-17(6-7-18(30-13)22(35)28-8-9-34(2)3)32-23-29-12-14-10-20(36)31-19-11-15(24(25,26)27)4-5-16(19)21(14)33-23/h4-7,11-12,21H,8-10H2,1-3H3,(H,28,35)(H,31,36)(H2,29,32,33). The first-order valence-electron chi connectivity index (χ1n) is 11.2. The number of guanidine groups is 1. The van der Waals surface area contributed by atoms with Gasteiger partial charge in [-0.1, -0.05) is 18.3 Å². The molecule has 2 aromatic rings. The second-order valence-corrected chi connectivity index (χ2v) is 9.29. The van der Waals surface area contributed by atoms with E-state index in [2.05, 4.69) is 31.2 Å². The summed E-state index contributed by atoms with van der Waals surface area (Å²) in [6, 6.07) is 6.51. The van der Waals surface area contributed by atoms with Gasteiger partial charge in [0, 0.05) is 37.0 Å². The number of rotatable bonds is 5. The monoisotopic (exact) mass is 517 g/mol. The Morgan fingerprint density at radius 2 is 2.03 bits per heavy atom. The second kappa shape index (κ2) is 10.2. The van der Waals surface area contributed by atoms with Crippen LogP contribution in [0.4, 0.5) is 24.5 Å². The zero-order valence-corrected chi connectivity index (χ0v) is 20.8. The molecule has 1 aromatic carbocycles. The minimum atomic E-state index is -4.46. The summed E-state index contributed by atoms with van der Waals surface area (Å²) in [7, 11) is 3.85. The fourth-order valence-corrected chi connectivity index (χ4v) is 4.16. The molecular weight excluding hydrogens is 491 g/mol. The first-order chi connectivity index (χ1) is 17.0. The molecule has 1 aromatic heterocycles. The molecule has 0 saturated carbocycles. The van der Waals surface area contributed by atoms with E-state index in [1.165, 1.54) is 6.07 Å². The second-order valence-electron chi connectivity index (χ2n) is 8.80. The molecule has 0 spiro atoms. The Morgan fingerprint density at radius 1 is 1.25 bits per heavy atom. The Hall–Kier alpha value is -3.51. The summed E-state index contributed by atoms with van der Waals surface area (Å²) >= 11 is 5.33. The molecule has 3 heterocycles. The number of likely N-dealkylation sites (N-methyl/N-ethyl adjacent to an activating group) is 1. The predicted octanol–water partition coefficient (Wildman–Crippen LogP) is 3.84. The molecule has 4 rings (SSSR count). The Kier molecular flexibility index (Phi) is 7.27. The van der Waals surface area contributed by atoms with Crippen LogP contribution in [0.25, 0.3) is 0 Å². The van der Waals surface area contributed by atoms with E-state index in [0.717, 1.165) is 17.7 Å². The maximum atomic E-state index is 13.3. The highest BCUT2D eigenvalue weighted by Gasteiger charge is 2.34. The minimum Gasteiger partial charge on any atom is -0.349 e. The average Bonchev–Trinajstić information content (AvgIpc) is 2.94. The van der Waals surface area contributed by atoms with Gasteiger partial charge in [0.2, 0.25) is 5.96 Å². The molecule has 2 aliphatic rings. The molecule has 1 unspecified atom stereocenters. The van der Waals surface area contributed by atoms with Gasteiger partial charge in [0.15, 0.2) is 0 Å². The van der Waals surface area contributed by atoms with Crippen LogP contribution in [-0.4, -0.2) is 53.9 Å². The average molecular weight is 518 g/mol. The van der Waals surface area contributed by atoms with Crippen LogP contribution in [0.5, 0.6) is 0 Å². The van der Waals surface area contributed by atoms with E-state index in [0.29, 0.717) is 58.8 Å². The van der Waals surface area contributed by atoms with Crippen molar-refractivity contribution < 1.29 is 18.0 Å². The van der Waals surface area contributed by atoms with E-state index < -0.39 is 17.8 Å². The van der Waals surface area contributed by atoms with Crippen LogP contribution >= 0.6 is 12.2 Å². The zero-order valence-electron chi connectivity index (χ0n) is 20.0. The van der Waals surface area contributed by atoms with Gasteiger partial charge >= 0.3 is 6.18 Å². The van der Waals surface area contributed by atoms with E-state index in [9.17, 15) is 18.0 Å². The fourth-order valence-electron chi connectivity index (χ4n) is 3.89. The van der Waals surface area contributed by atoms with Crippen molar-refractivity contribution in [3.63, 3.8) is 0 Å². The number of carbonyl (C=O) groups is 1. The first-order valence-corrected chi connectivity index (χ1v) is 11.6. The summed E-state index contributed by atoms with van der Waals surface area (Å²) in [6.45, 7) is 2.99. The number of benzene rings is 1. The Morgan fingerprint density at radius 3 is 2.72 bits per heavy atom. The van der Waals surface area contributed by atoms with Crippen molar-refractivity contribution >= 4 is 40.4 Å². The fraction of sp³-hybridized carbons (Fsp3) is 0.333. The number of thiocarbonyl (C=S) groups is 1. The van der Waals surface area contributed by atoms with E-state index >= 15 is 0 Å². The molecular formula is C24H26F3N7OS. The number of aliphatic imine (C=N–C) groups is 1. The van der Waals surface area contributed by atoms with Crippen LogP contribution in [0.15, 0.2) is 47.1 Å². The molecule has 0 bridgehead atoms. The van der Waals surface area contributed by atoms with Gasteiger partial charge in [-0.05, 0) is 50.9 Å². The van der Waals surface area contributed by atoms with E-state index in [1.54, 1.807) is 25.3 Å². The van der Waals surface area contributed by atoms with Crippen LogP contribution in [0.3, 0.4) is 0 Å². The minimum absolute atomic E-state index is 0.260. The highest BCUT2D eigenvalue weighted by Crippen LogP contribution is 2.39. The number of hydrogen-bond donors (Lipinski definition) is 4. The Bertz CT molecular complexity index is 1260. The molecule has 8 nitrogen and oxygen atoms in total. The Labute approximate surface area is 212 Å². The maximum absolute atomic E-state index is 13.3. The normalized spacial score (nSPS) is 17.1. The maximum Gasteiger partial charge on any atom is 0.416 e. The number of aromatic nitrogens is 1. The smallest absolute Gasteiger partial charge is 0.349 e. The van der Waals surface area contributed by atoms with Crippen LogP contribution < -0.4 is 21.3 Å². The summed E-state index contributed by atoms with van der Waals surface area (Å²) in [5, 5.41) is 12.2. The number of fused-ring (bicyclic) bond motifs is 3. The lowest BCUT2D eigenvalue weighted by molar-refractivity contribution is -0.137. The number of halogens is 3. The number of nitrogens with zero attached hydrogens (tertiary/aromatic N) is 3. The highest BCUT2D eigenvalue weighted by molar-refractivity contribution is 7.80. The van der Waals surface area contributed by atoms with Crippen molar-refractivity contribution in [1.29, 1.82) is 0 Å². The number of aryl methyl sites for hydroxylation is 1. The summed E-state index contributed by atoms with van der Waals surface area (Å²) in [5.74, 6) is 0.138. The van der Waals surface area contributed by atoms with Crippen molar-refractivity contribution in [1.82, 2.24) is 20.5 Å². The van der Waals surface area contributed by atoms with Gasteiger partial charge in [0.25, 0.3) is 5.91 Å². The molecule has 0 radical (unpaired) electrons. The molecule has 0 fully saturated rings. The summed E-state index contributed by atoms with van der Waals surface area (Å²) in [4.78, 5) is 23.6. The van der Waals surface area contributed by atoms with Crippen LogP contribution in [-0.2, 0) is 6.18 Å². The van der Waals surface area contributed by atoms with Crippen molar-refractivity contribution in [3.8, 4) is 0 Å². The van der Waals surface area contributed by atoms with Gasteiger partial charge in [0.05, 0.1) is 28.0 Å². The van der Waals surface area contributed by atoms with Crippen LogP contribution in [0.2, 0.25) is 0 Å². The van der Waals surface area contributed by atoms with Crippen molar-refractivity contribution in [2.45, 2.75) is 25.6 Å². The number of carbonyl (C=O) groups excluding carboxylic acids is 1. The number of amides is 1. The third kappa shape index (κ3) is 5.82. The van der Waals surface area contributed by atoms with Gasteiger partial charge in [-0.15, -0.1) is 0 Å². The van der Waals surface area contributed by atoms with E-state index in [-0.39, 0.29) is 5.91 Å². The molecule has 0 saturated heterocycles. The summed E-state index contributed by atoms with van der Waals surface area (Å²) in [6.07, 6.45) is -2.44. The Balaban J connectivity index is 1.52. The topological polar surface area (TPSA) is 93.7 Å². The number of alkyl halides is 3. The lowest BCUT2D eigenvalue weighted by Gasteiger charge is -2.27. The van der Waals surface area contributed by atoms with Crippen molar-refractivity contribution in [2.24, 2.45) is 4.99 Å². The molecule has 1 atom stereocenters. The lowest BCUT2D eigenvalue weighted by atomic mass is 9.95. The van der Waals surface area contributed by atoms with E-state index in [4.69, 9.17) is 12.2 Å². The molecule has 0 aliphatic carbocycles. The summed E-state index contributed by atoms with van der Waals surface area (Å²) in [5.41, 5.74) is 2.54. The quantitative estimate of drug-likeness (QED) is 0.448. The SMILES string of the molecule is Cc1nc(C(=O)NCCN(C)C)ccc1NC1=NC=C2CC(=S)Nc3cc(C(F)(F)F)ccc3C2N1. The molecule has 1 amide bonds. The number of hydrogen-bond acceptors (Lipinski definition) is 7. The first kappa shape index (κ1) is 25.6. The van der Waals surface area contributed by atoms with E-state index in [1.807, 2.05) is 19.0 Å². The molecule has 12 heteroatoms. The number of nitrogens with one attached hydrogen (secondary N) is 4. The van der Waals surface area contributed by atoms with Crippen LogP contribution in [0.1, 0.15) is 39.8 Å². The van der Waals surface area contributed by atoms with Crippen molar-refractivity contribution in [3.05, 3.63) is 64.6 Å². The molecule has 190 valence electrons. The third-order valence-electron chi connectivity index (χ3n) is 5.76. The summed E-state index contributed by atoms with van der Waals surface area (Å²) < 4.78 is 39.8. The van der Waals surface area contributed by atoms with Crippen molar-refractivity contribution in [2.75, 3.05) is 37.8 Å². The van der Waals surface area contributed by atoms with Gasteiger partial charge < -0.3 is 26.2 Å². The molecule has 36 heavy (non-hydrogen) atoms. The number of pyridine rings is 1. The van der Waals surface area contributed by atoms with Gasteiger partial charge in [-0.3, -0.25) is 4.79 Å². The van der Waals surface area contributed by atoms with Gasteiger partial charge in [0.1, 0.15) is 5.69 Å². The van der Waals surface area contributed by atoms with Crippen LogP contribution in [0, 0.1) is 6.92 Å². The predicted molar refractivity (Wildman–Crippen MR) is 137 cm³/mol.